The molecule has 0 aromatic heterocycles. The molecule has 70 valence electrons. The number of hydrogen-bond acceptors (Lipinski definition) is 2. The van der Waals surface area contributed by atoms with Crippen molar-refractivity contribution >= 4 is 17.2 Å². The van der Waals surface area contributed by atoms with E-state index in [1.165, 1.54) is 32.1 Å². The van der Waals surface area contributed by atoms with Crippen molar-refractivity contribution in [2.75, 3.05) is 0 Å². The summed E-state index contributed by atoms with van der Waals surface area (Å²) in [6.07, 6.45) is 8.20. The fraction of sp³-hybridized carbons (Fsp3) is 0.889. The van der Waals surface area contributed by atoms with E-state index in [4.69, 9.17) is 23.7 Å². The molecule has 0 spiro atoms. The van der Waals surface area contributed by atoms with Gasteiger partial charge in [-0.3, -0.25) is 0 Å². The van der Waals surface area contributed by atoms with Gasteiger partial charge in [0.15, 0.2) is 0 Å². The highest BCUT2D eigenvalue weighted by atomic mass is 32.1. The molecule has 0 radical (unpaired) electrons. The van der Waals surface area contributed by atoms with Gasteiger partial charge in [-0.15, -0.1) is 0 Å². The summed E-state index contributed by atoms with van der Waals surface area (Å²) in [4.78, 5) is 0.504. The lowest BCUT2D eigenvalue weighted by Gasteiger charge is -2.30. The van der Waals surface area contributed by atoms with E-state index in [9.17, 15) is 0 Å². The second-order valence-corrected chi connectivity index (χ2v) is 4.23. The summed E-state index contributed by atoms with van der Waals surface area (Å²) in [5, 5.41) is 0. The molecule has 0 aliphatic heterocycles. The zero-order chi connectivity index (χ0) is 9.03. The Bertz CT molecular complexity index is 160. The lowest BCUT2D eigenvalue weighted by molar-refractivity contribution is 0.401. The molecule has 0 bridgehead atoms. The summed E-state index contributed by atoms with van der Waals surface area (Å²) in [5.41, 5.74) is 11.4. The van der Waals surface area contributed by atoms with Crippen LogP contribution in [0.4, 0.5) is 0 Å². The van der Waals surface area contributed by atoms with E-state index >= 15 is 0 Å². The van der Waals surface area contributed by atoms with Crippen molar-refractivity contribution < 1.29 is 0 Å². The number of nitrogens with two attached hydrogens (primary N) is 2. The number of rotatable bonds is 1. The minimum absolute atomic E-state index is 0.338. The SMILES string of the molecule is NC(=S)C1(N)CCCCCCC1. The van der Waals surface area contributed by atoms with Crippen molar-refractivity contribution in [3.63, 3.8) is 0 Å². The third kappa shape index (κ3) is 2.42. The molecule has 1 aliphatic carbocycles. The van der Waals surface area contributed by atoms with Crippen LogP contribution in [0.2, 0.25) is 0 Å². The molecule has 0 aromatic rings. The van der Waals surface area contributed by atoms with Crippen LogP contribution >= 0.6 is 12.2 Å². The van der Waals surface area contributed by atoms with Gasteiger partial charge in [0.05, 0.1) is 10.5 Å². The first-order chi connectivity index (χ1) is 5.65. The van der Waals surface area contributed by atoms with E-state index in [2.05, 4.69) is 0 Å². The molecule has 3 heteroatoms. The first-order valence-electron chi connectivity index (χ1n) is 4.74. The largest absolute Gasteiger partial charge is 0.392 e. The first-order valence-corrected chi connectivity index (χ1v) is 5.15. The minimum atomic E-state index is -0.338. The quantitative estimate of drug-likeness (QED) is 0.613. The lowest BCUT2D eigenvalue weighted by Crippen LogP contribution is -2.51. The van der Waals surface area contributed by atoms with E-state index in [-0.39, 0.29) is 5.54 Å². The third-order valence-electron chi connectivity index (χ3n) is 2.74. The van der Waals surface area contributed by atoms with Gasteiger partial charge in [-0.1, -0.05) is 44.3 Å². The van der Waals surface area contributed by atoms with Crippen LogP contribution in [0, 0.1) is 0 Å². The highest BCUT2D eigenvalue weighted by molar-refractivity contribution is 7.80. The predicted molar refractivity (Wildman–Crippen MR) is 56.0 cm³/mol. The summed E-state index contributed by atoms with van der Waals surface area (Å²) in [6.45, 7) is 0. The second kappa shape index (κ2) is 4.19. The Morgan fingerprint density at radius 2 is 1.42 bits per heavy atom. The van der Waals surface area contributed by atoms with Gasteiger partial charge in [-0.05, 0) is 12.8 Å². The smallest absolute Gasteiger partial charge is 0.0929 e. The number of hydrogen-bond donors (Lipinski definition) is 2. The normalized spacial score (nSPS) is 24.1. The van der Waals surface area contributed by atoms with Crippen LogP contribution in [-0.2, 0) is 0 Å². The Kier molecular flexibility index (Phi) is 3.47. The predicted octanol–water partition coefficient (Wildman–Crippen LogP) is 1.71. The van der Waals surface area contributed by atoms with Crippen LogP contribution in [0.3, 0.4) is 0 Å². The van der Waals surface area contributed by atoms with Crippen molar-refractivity contribution in [1.82, 2.24) is 0 Å². The molecule has 0 atom stereocenters. The molecule has 1 rings (SSSR count). The van der Waals surface area contributed by atoms with Gasteiger partial charge in [0.1, 0.15) is 0 Å². The van der Waals surface area contributed by atoms with Crippen LogP contribution in [0.5, 0.6) is 0 Å². The topological polar surface area (TPSA) is 52.0 Å². The van der Waals surface area contributed by atoms with Crippen LogP contribution < -0.4 is 11.5 Å². The van der Waals surface area contributed by atoms with Crippen molar-refractivity contribution in [3.8, 4) is 0 Å². The van der Waals surface area contributed by atoms with Crippen molar-refractivity contribution in [1.29, 1.82) is 0 Å². The lowest BCUT2D eigenvalue weighted by atomic mass is 9.85. The zero-order valence-corrected chi connectivity index (χ0v) is 8.33. The fourth-order valence-electron chi connectivity index (χ4n) is 1.78. The van der Waals surface area contributed by atoms with Crippen LogP contribution in [-0.4, -0.2) is 10.5 Å². The molecule has 4 N–H and O–H groups in total. The molecule has 1 aliphatic rings. The maximum absolute atomic E-state index is 6.11. The molecule has 0 aromatic carbocycles. The number of thiocarbonyl (C=S) groups is 1. The molecular formula is C9H18N2S. The Hall–Kier alpha value is -0.150. The van der Waals surface area contributed by atoms with E-state index in [0.717, 1.165) is 12.8 Å². The maximum atomic E-state index is 6.11. The van der Waals surface area contributed by atoms with Crippen molar-refractivity contribution in [3.05, 3.63) is 0 Å². The maximum Gasteiger partial charge on any atom is 0.0929 e. The first kappa shape index (κ1) is 9.93. The van der Waals surface area contributed by atoms with E-state index in [1.54, 1.807) is 0 Å². The van der Waals surface area contributed by atoms with Gasteiger partial charge in [0, 0.05) is 0 Å². The van der Waals surface area contributed by atoms with Gasteiger partial charge in [0.2, 0.25) is 0 Å². The summed E-state index contributed by atoms with van der Waals surface area (Å²) in [5.74, 6) is 0. The molecule has 0 saturated heterocycles. The zero-order valence-electron chi connectivity index (χ0n) is 7.51. The average molecular weight is 186 g/mol. The highest BCUT2D eigenvalue weighted by Crippen LogP contribution is 2.24. The summed E-state index contributed by atoms with van der Waals surface area (Å²) in [7, 11) is 0. The fourth-order valence-corrected chi connectivity index (χ4v) is 1.99. The van der Waals surface area contributed by atoms with Crippen molar-refractivity contribution in [2.24, 2.45) is 11.5 Å². The Balaban J connectivity index is 2.54. The van der Waals surface area contributed by atoms with Gasteiger partial charge in [0.25, 0.3) is 0 Å². The van der Waals surface area contributed by atoms with Crippen LogP contribution in [0.15, 0.2) is 0 Å². The molecular weight excluding hydrogens is 168 g/mol. The second-order valence-electron chi connectivity index (χ2n) is 3.79. The highest BCUT2D eigenvalue weighted by Gasteiger charge is 2.28. The molecule has 12 heavy (non-hydrogen) atoms. The molecule has 2 nitrogen and oxygen atoms in total. The summed E-state index contributed by atoms with van der Waals surface area (Å²) >= 11 is 4.99. The molecule has 0 heterocycles. The van der Waals surface area contributed by atoms with E-state index in [1.807, 2.05) is 0 Å². The van der Waals surface area contributed by atoms with E-state index in [0.29, 0.717) is 4.99 Å². The van der Waals surface area contributed by atoms with Gasteiger partial charge >= 0.3 is 0 Å². The average Bonchev–Trinajstić information content (AvgIpc) is 1.97. The third-order valence-corrected chi connectivity index (χ3v) is 3.14. The van der Waals surface area contributed by atoms with Gasteiger partial charge < -0.3 is 11.5 Å². The van der Waals surface area contributed by atoms with Gasteiger partial charge in [-0.2, -0.15) is 0 Å². The van der Waals surface area contributed by atoms with Crippen molar-refractivity contribution in [2.45, 2.75) is 50.5 Å². The van der Waals surface area contributed by atoms with Gasteiger partial charge in [-0.25, -0.2) is 0 Å². The molecule has 0 amide bonds. The van der Waals surface area contributed by atoms with Crippen LogP contribution in [0.25, 0.3) is 0 Å². The minimum Gasteiger partial charge on any atom is -0.392 e. The Labute approximate surface area is 79.7 Å². The standard InChI is InChI=1S/C9H18N2S/c10-8(12)9(11)6-4-2-1-3-5-7-9/h1-7,11H2,(H2,10,12). The van der Waals surface area contributed by atoms with Crippen LogP contribution in [0.1, 0.15) is 44.9 Å². The summed E-state index contributed by atoms with van der Waals surface area (Å²) in [6, 6.07) is 0. The molecule has 1 saturated carbocycles. The molecule has 0 unspecified atom stereocenters. The van der Waals surface area contributed by atoms with E-state index < -0.39 is 0 Å². The molecule has 1 fully saturated rings. The Morgan fingerprint density at radius 1 is 1.00 bits per heavy atom. The summed E-state index contributed by atoms with van der Waals surface area (Å²) < 4.78 is 0. The monoisotopic (exact) mass is 186 g/mol. The Morgan fingerprint density at radius 3 is 1.83 bits per heavy atom.